The van der Waals surface area contributed by atoms with Gasteiger partial charge in [0.1, 0.15) is 0 Å². The number of nitrogens with zero attached hydrogens (tertiary/aromatic N) is 4. The van der Waals surface area contributed by atoms with Gasteiger partial charge in [-0.15, -0.1) is 0 Å². The third kappa shape index (κ3) is 6.85. The van der Waals surface area contributed by atoms with E-state index >= 15 is 0 Å². The van der Waals surface area contributed by atoms with Crippen molar-refractivity contribution in [1.82, 2.24) is 14.9 Å². The summed E-state index contributed by atoms with van der Waals surface area (Å²) < 4.78 is 5.97. The van der Waals surface area contributed by atoms with Crippen molar-refractivity contribution < 1.29 is 14.3 Å². The molecule has 3 aromatic rings. The lowest BCUT2D eigenvalue weighted by Gasteiger charge is -2.28. The molecule has 7 nitrogen and oxygen atoms in total. The van der Waals surface area contributed by atoms with E-state index in [0.29, 0.717) is 47.2 Å². The number of carbonyl (C=O) groups is 2. The molecule has 208 valence electrons. The van der Waals surface area contributed by atoms with Gasteiger partial charge in [0, 0.05) is 16.7 Å². The van der Waals surface area contributed by atoms with Crippen LogP contribution in [0.15, 0.2) is 72.6 Å². The summed E-state index contributed by atoms with van der Waals surface area (Å²) in [6, 6.07) is 15.4. The minimum atomic E-state index is -0.0925. The van der Waals surface area contributed by atoms with E-state index in [4.69, 9.17) is 4.74 Å². The van der Waals surface area contributed by atoms with E-state index in [0.717, 1.165) is 61.0 Å². The Morgan fingerprint density at radius 3 is 2.61 bits per heavy atom. The summed E-state index contributed by atoms with van der Waals surface area (Å²) in [5.74, 6) is 1.78. The Hall–Kier alpha value is -4.41. The normalized spacial score (nSPS) is 15.8. The Morgan fingerprint density at radius 2 is 1.88 bits per heavy atom. The molecule has 5 rings (SSSR count). The largest absolute Gasteiger partial charge is 0.490 e. The van der Waals surface area contributed by atoms with Crippen LogP contribution in [0.2, 0.25) is 0 Å². The van der Waals surface area contributed by atoms with Crippen LogP contribution in [-0.4, -0.2) is 53.2 Å². The number of nitriles is 1. The van der Waals surface area contributed by atoms with Crippen molar-refractivity contribution in [3.63, 3.8) is 0 Å². The number of aromatic nitrogens is 2. The van der Waals surface area contributed by atoms with Crippen LogP contribution >= 0.6 is 0 Å². The van der Waals surface area contributed by atoms with Crippen molar-refractivity contribution >= 4 is 17.1 Å². The van der Waals surface area contributed by atoms with Crippen LogP contribution in [0.4, 0.5) is 0 Å². The molecule has 0 saturated carbocycles. The number of ketones is 2. The number of Topliss-reactive ketones (excluding diaryl/α,β-unsaturated/α-hetero) is 1. The lowest BCUT2D eigenvalue weighted by Crippen LogP contribution is -2.32. The molecule has 7 heteroatoms. The molecule has 1 aromatic heterocycles. The van der Waals surface area contributed by atoms with Gasteiger partial charge in [-0.1, -0.05) is 24.3 Å². The quantitative estimate of drug-likeness (QED) is 0.294. The molecule has 0 radical (unpaired) electrons. The molecule has 0 atom stereocenters. The summed E-state index contributed by atoms with van der Waals surface area (Å²) in [6.07, 6.45) is 11.1. The Morgan fingerprint density at radius 1 is 1.10 bits per heavy atom. The first-order chi connectivity index (χ1) is 19.9. The molecular weight excluding hydrogens is 512 g/mol. The van der Waals surface area contributed by atoms with Gasteiger partial charge >= 0.3 is 0 Å². The summed E-state index contributed by atoms with van der Waals surface area (Å²) in [4.78, 5) is 36.3. The van der Waals surface area contributed by atoms with Gasteiger partial charge in [-0.3, -0.25) is 9.59 Å². The van der Waals surface area contributed by atoms with Crippen molar-refractivity contribution in [2.45, 2.75) is 39.0 Å². The highest BCUT2D eigenvalue weighted by Crippen LogP contribution is 2.37. The van der Waals surface area contributed by atoms with Crippen LogP contribution < -0.4 is 4.74 Å². The fourth-order valence-electron chi connectivity index (χ4n) is 5.44. The van der Waals surface area contributed by atoms with Gasteiger partial charge in [-0.05, 0) is 112 Å². The zero-order valence-corrected chi connectivity index (χ0v) is 23.6. The van der Waals surface area contributed by atoms with Crippen LogP contribution in [0.1, 0.15) is 59.7 Å². The first kappa shape index (κ1) is 28.1. The SMILES string of the molecule is CC(=O)/C=C\C1=C(CCCc2cccc(-c3ncc(OCC4CCN(C)CC4)cn3)c2)C(=O)c2ccc(C#N)cc21. The second kappa shape index (κ2) is 12.8. The van der Waals surface area contributed by atoms with Crippen LogP contribution in [0.25, 0.3) is 17.0 Å². The number of benzene rings is 2. The molecule has 0 N–H and O–H groups in total. The van der Waals surface area contributed by atoms with Gasteiger partial charge in [0.05, 0.1) is 30.6 Å². The second-order valence-electron chi connectivity index (χ2n) is 10.9. The molecule has 0 unspecified atom stereocenters. The molecule has 0 bridgehead atoms. The minimum Gasteiger partial charge on any atom is -0.490 e. The zero-order chi connectivity index (χ0) is 28.8. The van der Waals surface area contributed by atoms with Crippen molar-refractivity contribution in [1.29, 1.82) is 5.26 Å². The van der Waals surface area contributed by atoms with Gasteiger partial charge in [-0.2, -0.15) is 5.26 Å². The van der Waals surface area contributed by atoms with E-state index in [2.05, 4.69) is 40.1 Å². The van der Waals surface area contributed by atoms with Crippen molar-refractivity contribution in [3.05, 3.63) is 94.8 Å². The fraction of sp³-hybridized carbons (Fsp3) is 0.324. The molecule has 0 amide bonds. The van der Waals surface area contributed by atoms with Crippen LogP contribution in [-0.2, 0) is 11.2 Å². The third-order valence-corrected chi connectivity index (χ3v) is 7.80. The number of fused-ring (bicyclic) bond motifs is 1. The average molecular weight is 547 g/mol. The maximum Gasteiger partial charge on any atom is 0.190 e. The first-order valence-electron chi connectivity index (χ1n) is 14.1. The Kier molecular flexibility index (Phi) is 8.81. The van der Waals surface area contributed by atoms with Crippen LogP contribution in [0, 0.1) is 17.2 Å². The number of hydrogen-bond acceptors (Lipinski definition) is 7. The first-order valence-corrected chi connectivity index (χ1v) is 14.1. The lowest BCUT2D eigenvalue weighted by atomic mass is 9.98. The average Bonchev–Trinajstić information content (AvgIpc) is 3.25. The topological polar surface area (TPSA) is 96.2 Å². The number of carbonyl (C=O) groups excluding carboxylic acids is 2. The van der Waals surface area contributed by atoms with E-state index in [1.807, 2.05) is 12.1 Å². The summed E-state index contributed by atoms with van der Waals surface area (Å²) in [5, 5.41) is 9.33. The molecule has 2 aromatic carbocycles. The fourth-order valence-corrected chi connectivity index (χ4v) is 5.44. The van der Waals surface area contributed by atoms with Crippen molar-refractivity contribution in [2.75, 3.05) is 26.7 Å². The molecule has 2 heterocycles. The van der Waals surface area contributed by atoms with Crippen LogP contribution in [0.3, 0.4) is 0 Å². The molecule has 0 spiro atoms. The second-order valence-corrected chi connectivity index (χ2v) is 10.9. The predicted molar refractivity (Wildman–Crippen MR) is 158 cm³/mol. The summed E-state index contributed by atoms with van der Waals surface area (Å²) >= 11 is 0. The number of rotatable bonds is 10. The van der Waals surface area contributed by atoms with E-state index in [1.54, 1.807) is 36.7 Å². The Labute approximate surface area is 241 Å². The number of likely N-dealkylation sites (tertiary alicyclic amines) is 1. The van der Waals surface area contributed by atoms with Crippen molar-refractivity contribution in [3.8, 4) is 23.2 Å². The minimum absolute atomic E-state index is 0.0343. The highest BCUT2D eigenvalue weighted by molar-refractivity contribution is 6.22. The summed E-state index contributed by atoms with van der Waals surface area (Å²) in [6.45, 7) is 4.40. The van der Waals surface area contributed by atoms with Gasteiger partial charge in [0.15, 0.2) is 23.1 Å². The van der Waals surface area contributed by atoms with Crippen molar-refractivity contribution in [2.24, 2.45) is 5.92 Å². The number of allylic oxidation sites excluding steroid dienone is 4. The highest BCUT2D eigenvalue weighted by atomic mass is 16.5. The smallest absolute Gasteiger partial charge is 0.190 e. The number of piperidine rings is 1. The maximum atomic E-state index is 13.2. The number of hydrogen-bond donors (Lipinski definition) is 0. The third-order valence-electron chi connectivity index (χ3n) is 7.80. The molecule has 1 saturated heterocycles. The number of aryl methyl sites for hydroxylation is 1. The van der Waals surface area contributed by atoms with Gasteiger partial charge < -0.3 is 9.64 Å². The van der Waals surface area contributed by atoms with E-state index in [-0.39, 0.29) is 11.6 Å². The van der Waals surface area contributed by atoms with Gasteiger partial charge in [0.25, 0.3) is 0 Å². The maximum absolute atomic E-state index is 13.2. The monoisotopic (exact) mass is 546 g/mol. The van der Waals surface area contributed by atoms with E-state index < -0.39 is 0 Å². The Balaban J connectivity index is 1.23. The molecule has 2 aliphatic rings. The predicted octanol–water partition coefficient (Wildman–Crippen LogP) is 5.85. The molecular formula is C34H34N4O3. The molecule has 41 heavy (non-hydrogen) atoms. The lowest BCUT2D eigenvalue weighted by molar-refractivity contribution is -0.112. The summed E-state index contributed by atoms with van der Waals surface area (Å²) in [5.41, 5.74) is 5.27. The molecule has 1 aliphatic heterocycles. The standard InChI is InChI=1S/C34H34N4O3/c1-23(39)9-11-29-30(33(40)31-12-10-26(19-35)18-32(29)31)8-4-6-24-5-3-7-27(17-24)34-36-20-28(21-37-34)41-22-25-13-15-38(2)16-14-25/h3,5,7,9-12,17-18,20-21,25H,4,6,8,13-16,22H2,1-2H3/b11-9-. The van der Waals surface area contributed by atoms with Gasteiger partial charge in [0.2, 0.25) is 0 Å². The van der Waals surface area contributed by atoms with E-state index in [1.165, 1.54) is 13.0 Å². The zero-order valence-electron chi connectivity index (χ0n) is 23.6. The van der Waals surface area contributed by atoms with E-state index in [9.17, 15) is 14.9 Å². The molecule has 1 aliphatic carbocycles. The van der Waals surface area contributed by atoms with Crippen LogP contribution in [0.5, 0.6) is 5.75 Å². The van der Waals surface area contributed by atoms with Gasteiger partial charge in [-0.25, -0.2) is 9.97 Å². The Bertz CT molecular complexity index is 1540. The number of ether oxygens (including phenoxy) is 1. The summed E-state index contributed by atoms with van der Waals surface area (Å²) in [7, 11) is 2.16. The molecule has 1 fully saturated rings. The highest BCUT2D eigenvalue weighted by Gasteiger charge is 2.28.